The van der Waals surface area contributed by atoms with E-state index in [0.29, 0.717) is 19.4 Å². The SMILES string of the molecule is CC(C)(CCO)OCCC(C)(C)OCC(=O)O. The van der Waals surface area contributed by atoms with Crippen molar-refractivity contribution >= 4 is 5.97 Å². The molecule has 0 aliphatic rings. The van der Waals surface area contributed by atoms with E-state index in [9.17, 15) is 4.79 Å². The molecular weight excluding hydrogens is 224 g/mol. The summed E-state index contributed by atoms with van der Waals surface area (Å²) in [4.78, 5) is 10.4. The van der Waals surface area contributed by atoms with Crippen LogP contribution < -0.4 is 0 Å². The number of aliphatic hydroxyl groups is 1. The number of hydrogen-bond acceptors (Lipinski definition) is 4. The Morgan fingerprint density at radius 3 is 2.06 bits per heavy atom. The lowest BCUT2D eigenvalue weighted by Gasteiger charge is -2.29. The van der Waals surface area contributed by atoms with Gasteiger partial charge in [-0.3, -0.25) is 0 Å². The van der Waals surface area contributed by atoms with Gasteiger partial charge in [-0.1, -0.05) is 0 Å². The zero-order chi connectivity index (χ0) is 13.5. The molecule has 5 nitrogen and oxygen atoms in total. The fraction of sp³-hybridized carbons (Fsp3) is 0.917. The fourth-order valence-corrected chi connectivity index (χ4v) is 1.24. The first-order valence-electron chi connectivity index (χ1n) is 5.79. The molecule has 0 bridgehead atoms. The van der Waals surface area contributed by atoms with Crippen LogP contribution in [0, 0.1) is 0 Å². The molecule has 2 N–H and O–H groups in total. The Morgan fingerprint density at radius 1 is 1.06 bits per heavy atom. The van der Waals surface area contributed by atoms with Gasteiger partial charge in [-0.05, 0) is 40.5 Å². The Labute approximate surface area is 103 Å². The molecule has 0 amide bonds. The van der Waals surface area contributed by atoms with Crippen molar-refractivity contribution in [2.45, 2.75) is 51.7 Å². The first-order valence-corrected chi connectivity index (χ1v) is 5.79. The van der Waals surface area contributed by atoms with Gasteiger partial charge < -0.3 is 19.7 Å². The van der Waals surface area contributed by atoms with Gasteiger partial charge in [0.2, 0.25) is 0 Å². The highest BCUT2D eigenvalue weighted by molar-refractivity contribution is 5.68. The van der Waals surface area contributed by atoms with Gasteiger partial charge in [0.25, 0.3) is 0 Å². The predicted molar refractivity (Wildman–Crippen MR) is 64.0 cm³/mol. The lowest BCUT2D eigenvalue weighted by atomic mass is 10.0. The molecule has 0 aliphatic heterocycles. The van der Waals surface area contributed by atoms with Crippen LogP contribution >= 0.6 is 0 Å². The number of hydrogen-bond donors (Lipinski definition) is 2. The molecule has 0 heterocycles. The molecule has 102 valence electrons. The van der Waals surface area contributed by atoms with E-state index < -0.39 is 11.6 Å². The van der Waals surface area contributed by atoms with Gasteiger partial charge in [0.1, 0.15) is 6.61 Å². The molecular formula is C12H24O5. The number of carboxylic acids is 1. The van der Waals surface area contributed by atoms with Crippen molar-refractivity contribution in [1.82, 2.24) is 0 Å². The van der Waals surface area contributed by atoms with Crippen LogP contribution in [0.5, 0.6) is 0 Å². The molecule has 0 radical (unpaired) electrons. The lowest BCUT2D eigenvalue weighted by Crippen LogP contribution is -2.32. The van der Waals surface area contributed by atoms with Crippen LogP contribution in [0.25, 0.3) is 0 Å². The van der Waals surface area contributed by atoms with Crippen LogP contribution in [-0.4, -0.2) is 47.2 Å². The molecule has 0 saturated heterocycles. The quantitative estimate of drug-likeness (QED) is 0.645. The Bertz CT molecular complexity index is 235. The zero-order valence-electron chi connectivity index (χ0n) is 11.2. The van der Waals surface area contributed by atoms with Gasteiger partial charge in [-0.25, -0.2) is 4.79 Å². The largest absolute Gasteiger partial charge is 0.480 e. The molecule has 0 aromatic heterocycles. The lowest BCUT2D eigenvalue weighted by molar-refractivity contribution is -0.150. The van der Waals surface area contributed by atoms with Crippen LogP contribution in [0.15, 0.2) is 0 Å². The van der Waals surface area contributed by atoms with Crippen molar-refractivity contribution in [3.8, 4) is 0 Å². The second kappa shape index (κ2) is 6.93. The normalized spacial score (nSPS) is 12.8. The smallest absolute Gasteiger partial charge is 0.329 e. The van der Waals surface area contributed by atoms with Crippen molar-refractivity contribution in [2.75, 3.05) is 19.8 Å². The summed E-state index contributed by atoms with van der Waals surface area (Å²) in [7, 11) is 0. The molecule has 5 heteroatoms. The molecule has 0 aromatic rings. The summed E-state index contributed by atoms with van der Waals surface area (Å²) in [6, 6.07) is 0. The number of aliphatic carboxylic acids is 1. The van der Waals surface area contributed by atoms with E-state index >= 15 is 0 Å². The van der Waals surface area contributed by atoms with Crippen LogP contribution in [0.3, 0.4) is 0 Å². The topological polar surface area (TPSA) is 76.0 Å². The average molecular weight is 248 g/mol. The molecule has 17 heavy (non-hydrogen) atoms. The summed E-state index contributed by atoms with van der Waals surface area (Å²) in [5.41, 5.74) is -0.884. The van der Waals surface area contributed by atoms with Gasteiger partial charge in [0, 0.05) is 6.61 Å². The summed E-state index contributed by atoms with van der Waals surface area (Å²) in [5, 5.41) is 17.4. The number of carbonyl (C=O) groups is 1. The highest BCUT2D eigenvalue weighted by atomic mass is 16.5. The predicted octanol–water partition coefficient (Wildman–Crippen LogP) is 1.43. The third-order valence-corrected chi connectivity index (χ3v) is 2.50. The Balaban J connectivity index is 3.89. The van der Waals surface area contributed by atoms with E-state index in [-0.39, 0.29) is 18.8 Å². The highest BCUT2D eigenvalue weighted by Crippen LogP contribution is 2.19. The van der Waals surface area contributed by atoms with Gasteiger partial charge in [0.05, 0.1) is 17.8 Å². The molecule has 0 spiro atoms. The van der Waals surface area contributed by atoms with Crippen molar-refractivity contribution in [3.05, 3.63) is 0 Å². The monoisotopic (exact) mass is 248 g/mol. The van der Waals surface area contributed by atoms with Crippen molar-refractivity contribution < 1.29 is 24.5 Å². The van der Waals surface area contributed by atoms with E-state index in [1.54, 1.807) is 0 Å². The Morgan fingerprint density at radius 2 is 1.59 bits per heavy atom. The standard InChI is InChI=1S/C12H24O5/c1-11(2,5-7-13)16-8-6-12(3,4)17-9-10(14)15/h13H,5-9H2,1-4H3,(H,14,15). The Hall–Kier alpha value is -0.650. The first-order chi connectivity index (χ1) is 7.68. The van der Waals surface area contributed by atoms with Crippen molar-refractivity contribution in [2.24, 2.45) is 0 Å². The maximum atomic E-state index is 10.4. The van der Waals surface area contributed by atoms with Gasteiger partial charge in [0.15, 0.2) is 0 Å². The minimum atomic E-state index is -0.973. The molecule has 0 atom stereocenters. The highest BCUT2D eigenvalue weighted by Gasteiger charge is 2.23. The van der Waals surface area contributed by atoms with Gasteiger partial charge in [-0.15, -0.1) is 0 Å². The summed E-state index contributed by atoms with van der Waals surface area (Å²) in [6.45, 7) is 7.75. The zero-order valence-corrected chi connectivity index (χ0v) is 11.2. The average Bonchev–Trinajstić information content (AvgIpc) is 2.14. The van der Waals surface area contributed by atoms with Gasteiger partial charge >= 0.3 is 5.97 Å². The second-order valence-corrected chi connectivity index (χ2v) is 5.27. The third kappa shape index (κ3) is 9.09. The summed E-state index contributed by atoms with van der Waals surface area (Å²) < 4.78 is 10.9. The van der Waals surface area contributed by atoms with Gasteiger partial charge in [-0.2, -0.15) is 0 Å². The third-order valence-electron chi connectivity index (χ3n) is 2.50. The summed E-state index contributed by atoms with van der Waals surface area (Å²) >= 11 is 0. The summed E-state index contributed by atoms with van der Waals surface area (Å²) in [5.74, 6) is -0.973. The molecule has 0 fully saturated rings. The minimum Gasteiger partial charge on any atom is -0.480 e. The van der Waals surface area contributed by atoms with Crippen molar-refractivity contribution in [1.29, 1.82) is 0 Å². The molecule has 0 aliphatic carbocycles. The number of aliphatic hydroxyl groups excluding tert-OH is 1. The van der Waals surface area contributed by atoms with E-state index in [1.807, 2.05) is 27.7 Å². The molecule has 0 rings (SSSR count). The number of ether oxygens (including phenoxy) is 2. The fourth-order valence-electron chi connectivity index (χ4n) is 1.24. The van der Waals surface area contributed by atoms with E-state index in [4.69, 9.17) is 19.7 Å². The molecule has 0 unspecified atom stereocenters. The van der Waals surface area contributed by atoms with E-state index in [2.05, 4.69) is 0 Å². The van der Waals surface area contributed by atoms with Crippen LogP contribution in [0.4, 0.5) is 0 Å². The van der Waals surface area contributed by atoms with Crippen molar-refractivity contribution in [3.63, 3.8) is 0 Å². The maximum absolute atomic E-state index is 10.4. The Kier molecular flexibility index (Phi) is 6.67. The number of carboxylic acid groups (broad SMARTS) is 1. The van der Waals surface area contributed by atoms with E-state index in [0.717, 1.165) is 0 Å². The molecule has 0 aromatic carbocycles. The molecule has 0 saturated carbocycles. The minimum absolute atomic E-state index is 0.0892. The van der Waals surface area contributed by atoms with Crippen LogP contribution in [0.1, 0.15) is 40.5 Å². The maximum Gasteiger partial charge on any atom is 0.329 e. The summed E-state index contributed by atoms with van der Waals surface area (Å²) in [6.07, 6.45) is 1.18. The first kappa shape index (κ1) is 16.4. The van der Waals surface area contributed by atoms with Crippen LogP contribution in [0.2, 0.25) is 0 Å². The second-order valence-electron chi connectivity index (χ2n) is 5.27. The van der Waals surface area contributed by atoms with Crippen LogP contribution in [-0.2, 0) is 14.3 Å². The number of rotatable bonds is 9. The van der Waals surface area contributed by atoms with E-state index in [1.165, 1.54) is 0 Å².